The second-order valence-electron chi connectivity index (χ2n) is 3.58. The molecule has 0 aromatic heterocycles. The van der Waals surface area contributed by atoms with Crippen molar-refractivity contribution in [1.82, 2.24) is 10.2 Å². The highest BCUT2D eigenvalue weighted by atomic mass is 16.4. The summed E-state index contributed by atoms with van der Waals surface area (Å²) in [4.78, 5) is 12.0. The van der Waals surface area contributed by atoms with Gasteiger partial charge < -0.3 is 15.3 Å². The van der Waals surface area contributed by atoms with Crippen LogP contribution in [0.5, 0.6) is 0 Å². The number of nitrogens with zero attached hydrogens (tertiary/aromatic N) is 1. The van der Waals surface area contributed by atoms with Crippen molar-refractivity contribution in [3.8, 4) is 0 Å². The van der Waals surface area contributed by atoms with E-state index in [0.29, 0.717) is 13.1 Å². The van der Waals surface area contributed by atoms with Crippen molar-refractivity contribution in [3.05, 3.63) is 0 Å². The lowest BCUT2D eigenvalue weighted by Gasteiger charge is -2.37. The van der Waals surface area contributed by atoms with Crippen LogP contribution in [0, 0.1) is 0 Å². The van der Waals surface area contributed by atoms with Crippen molar-refractivity contribution < 1.29 is 9.90 Å². The van der Waals surface area contributed by atoms with Gasteiger partial charge in [-0.25, -0.2) is 4.79 Å². The topological polar surface area (TPSA) is 52.6 Å². The monoisotopic (exact) mass is 172 g/mol. The van der Waals surface area contributed by atoms with Crippen LogP contribution in [-0.4, -0.2) is 41.8 Å². The molecule has 0 radical (unpaired) electrons. The normalized spacial score (nSPS) is 22.3. The summed E-state index contributed by atoms with van der Waals surface area (Å²) < 4.78 is 0. The SMILES string of the molecule is CNC1(C)CCN(C(=O)O)CC1. The molecule has 1 rings (SSSR count). The summed E-state index contributed by atoms with van der Waals surface area (Å²) in [6.07, 6.45) is 0.999. The lowest BCUT2D eigenvalue weighted by Crippen LogP contribution is -2.51. The molecule has 70 valence electrons. The predicted molar refractivity (Wildman–Crippen MR) is 46.3 cm³/mol. The van der Waals surface area contributed by atoms with Crippen LogP contribution in [0.3, 0.4) is 0 Å². The average molecular weight is 172 g/mol. The van der Waals surface area contributed by atoms with Crippen molar-refractivity contribution in [2.24, 2.45) is 0 Å². The van der Waals surface area contributed by atoms with Gasteiger partial charge in [0.15, 0.2) is 0 Å². The number of piperidine rings is 1. The molecule has 1 heterocycles. The van der Waals surface area contributed by atoms with Crippen LogP contribution in [0.4, 0.5) is 4.79 Å². The lowest BCUT2D eigenvalue weighted by atomic mass is 9.90. The molecule has 1 saturated heterocycles. The van der Waals surface area contributed by atoms with Crippen molar-refractivity contribution in [2.75, 3.05) is 20.1 Å². The van der Waals surface area contributed by atoms with Gasteiger partial charge in [-0.1, -0.05) is 0 Å². The van der Waals surface area contributed by atoms with Crippen LogP contribution in [-0.2, 0) is 0 Å². The van der Waals surface area contributed by atoms with Crippen LogP contribution in [0.1, 0.15) is 19.8 Å². The van der Waals surface area contributed by atoms with Crippen LogP contribution in [0.25, 0.3) is 0 Å². The third-order valence-electron chi connectivity index (χ3n) is 2.74. The Morgan fingerprint density at radius 2 is 2.00 bits per heavy atom. The van der Waals surface area contributed by atoms with Crippen molar-refractivity contribution in [1.29, 1.82) is 0 Å². The van der Waals surface area contributed by atoms with E-state index in [1.54, 1.807) is 0 Å². The molecule has 0 atom stereocenters. The molecule has 1 amide bonds. The van der Waals surface area contributed by atoms with Gasteiger partial charge in [-0.2, -0.15) is 0 Å². The van der Waals surface area contributed by atoms with E-state index in [1.807, 2.05) is 7.05 Å². The number of carboxylic acid groups (broad SMARTS) is 1. The predicted octanol–water partition coefficient (Wildman–Crippen LogP) is 0.738. The van der Waals surface area contributed by atoms with Gasteiger partial charge >= 0.3 is 6.09 Å². The smallest absolute Gasteiger partial charge is 0.407 e. The molecule has 4 nitrogen and oxygen atoms in total. The molecule has 4 heteroatoms. The molecule has 1 aliphatic heterocycles. The number of hydrogen-bond acceptors (Lipinski definition) is 2. The number of carbonyl (C=O) groups is 1. The number of likely N-dealkylation sites (tertiary alicyclic amines) is 1. The van der Waals surface area contributed by atoms with Crippen molar-refractivity contribution in [3.63, 3.8) is 0 Å². The highest BCUT2D eigenvalue weighted by molar-refractivity contribution is 5.65. The summed E-state index contributed by atoms with van der Waals surface area (Å²) >= 11 is 0. The van der Waals surface area contributed by atoms with E-state index >= 15 is 0 Å². The van der Waals surface area contributed by atoms with E-state index in [1.165, 1.54) is 4.90 Å². The minimum absolute atomic E-state index is 0.131. The molecule has 0 aromatic carbocycles. The summed E-state index contributed by atoms with van der Waals surface area (Å²) in [5.74, 6) is 0. The molecule has 12 heavy (non-hydrogen) atoms. The molecular weight excluding hydrogens is 156 g/mol. The lowest BCUT2D eigenvalue weighted by molar-refractivity contribution is 0.114. The first-order valence-corrected chi connectivity index (χ1v) is 4.24. The van der Waals surface area contributed by atoms with E-state index < -0.39 is 6.09 Å². The molecule has 1 fully saturated rings. The largest absolute Gasteiger partial charge is 0.465 e. The van der Waals surface area contributed by atoms with Gasteiger partial charge in [0, 0.05) is 18.6 Å². The van der Waals surface area contributed by atoms with Gasteiger partial charge in [-0.3, -0.25) is 0 Å². The second-order valence-corrected chi connectivity index (χ2v) is 3.58. The summed E-state index contributed by atoms with van der Waals surface area (Å²) in [7, 11) is 1.93. The Balaban J connectivity index is 2.44. The highest BCUT2D eigenvalue weighted by Gasteiger charge is 2.29. The van der Waals surface area contributed by atoms with Crippen molar-refractivity contribution >= 4 is 6.09 Å². The molecule has 2 N–H and O–H groups in total. The average Bonchev–Trinajstić information content (AvgIpc) is 2.05. The zero-order valence-corrected chi connectivity index (χ0v) is 7.63. The maximum atomic E-state index is 10.6. The minimum Gasteiger partial charge on any atom is -0.465 e. The van der Waals surface area contributed by atoms with E-state index in [4.69, 9.17) is 5.11 Å². The molecule has 0 bridgehead atoms. The minimum atomic E-state index is -0.798. The third kappa shape index (κ3) is 1.88. The maximum Gasteiger partial charge on any atom is 0.407 e. The third-order valence-corrected chi connectivity index (χ3v) is 2.74. The number of hydrogen-bond donors (Lipinski definition) is 2. The summed E-state index contributed by atoms with van der Waals surface area (Å²) in [6, 6.07) is 0. The van der Waals surface area contributed by atoms with Gasteiger partial charge in [-0.05, 0) is 26.8 Å². The molecule has 0 unspecified atom stereocenters. The second kappa shape index (κ2) is 3.31. The fraction of sp³-hybridized carbons (Fsp3) is 0.875. The van der Waals surface area contributed by atoms with Crippen LogP contribution >= 0.6 is 0 Å². The van der Waals surface area contributed by atoms with Gasteiger partial charge in [0.25, 0.3) is 0 Å². The van der Waals surface area contributed by atoms with Crippen molar-refractivity contribution in [2.45, 2.75) is 25.3 Å². The zero-order chi connectivity index (χ0) is 9.19. The van der Waals surface area contributed by atoms with Gasteiger partial charge in [0.05, 0.1) is 0 Å². The van der Waals surface area contributed by atoms with Crippen LogP contribution in [0.2, 0.25) is 0 Å². The van der Waals surface area contributed by atoms with Gasteiger partial charge in [0.2, 0.25) is 0 Å². The highest BCUT2D eigenvalue weighted by Crippen LogP contribution is 2.20. The first kappa shape index (κ1) is 9.32. The Bertz CT molecular complexity index is 174. The van der Waals surface area contributed by atoms with E-state index in [-0.39, 0.29) is 5.54 Å². The zero-order valence-electron chi connectivity index (χ0n) is 7.63. The van der Waals surface area contributed by atoms with Crippen LogP contribution < -0.4 is 5.32 Å². The fourth-order valence-electron chi connectivity index (χ4n) is 1.44. The molecule has 0 aromatic rings. The van der Waals surface area contributed by atoms with Gasteiger partial charge in [0.1, 0.15) is 0 Å². The Morgan fingerprint density at radius 3 is 2.33 bits per heavy atom. The maximum absolute atomic E-state index is 10.6. The Morgan fingerprint density at radius 1 is 1.50 bits per heavy atom. The number of rotatable bonds is 1. The molecule has 0 saturated carbocycles. The fourth-order valence-corrected chi connectivity index (χ4v) is 1.44. The number of nitrogens with one attached hydrogen (secondary N) is 1. The Hall–Kier alpha value is -0.770. The molecule has 0 spiro atoms. The molecule has 0 aliphatic carbocycles. The quantitative estimate of drug-likeness (QED) is 0.613. The van der Waals surface area contributed by atoms with Gasteiger partial charge in [-0.15, -0.1) is 0 Å². The standard InChI is InChI=1S/C8H16N2O2/c1-8(9-2)3-5-10(6-4-8)7(11)12/h9H,3-6H2,1-2H3,(H,11,12). The first-order valence-electron chi connectivity index (χ1n) is 4.24. The molecule has 1 aliphatic rings. The first-order chi connectivity index (χ1) is 5.57. The van der Waals surface area contributed by atoms with E-state index in [0.717, 1.165) is 12.8 Å². The Labute approximate surface area is 72.6 Å². The van der Waals surface area contributed by atoms with Crippen LogP contribution in [0.15, 0.2) is 0 Å². The molecular formula is C8H16N2O2. The summed E-state index contributed by atoms with van der Waals surface area (Å²) in [5, 5.41) is 11.9. The van der Waals surface area contributed by atoms with E-state index in [9.17, 15) is 4.79 Å². The summed E-state index contributed by atoms with van der Waals surface area (Å²) in [5.41, 5.74) is 0.131. The number of amides is 1. The Kier molecular flexibility index (Phi) is 2.57. The van der Waals surface area contributed by atoms with E-state index in [2.05, 4.69) is 12.2 Å². The summed E-state index contributed by atoms with van der Waals surface area (Å²) in [6.45, 7) is 3.42.